The highest BCUT2D eigenvalue weighted by Gasteiger charge is 2.13. The number of benzene rings is 2. The Morgan fingerprint density at radius 3 is 2.76 bits per heavy atom. The molecule has 0 radical (unpaired) electrons. The molecular weight excluding hydrogens is 384 g/mol. The number of nitrogens with one attached hydrogen (secondary N) is 1. The molecule has 0 aliphatic rings. The van der Waals surface area contributed by atoms with Crippen molar-refractivity contribution in [3.8, 4) is 11.1 Å². The summed E-state index contributed by atoms with van der Waals surface area (Å²) in [5, 5.41) is 6.67. The zero-order chi connectivity index (χ0) is 17.6. The number of hydrogen-bond acceptors (Lipinski definition) is 4. The first-order valence-electron chi connectivity index (χ1n) is 7.50. The molecule has 1 N–H and O–H groups in total. The summed E-state index contributed by atoms with van der Waals surface area (Å²) < 4.78 is 5.81. The van der Waals surface area contributed by atoms with Crippen molar-refractivity contribution in [1.29, 1.82) is 0 Å². The fraction of sp³-hybridized carbons (Fsp3) is 0.0526. The lowest BCUT2D eigenvalue weighted by molar-refractivity contribution is 0.0995. The van der Waals surface area contributed by atoms with Gasteiger partial charge >= 0.3 is 0 Å². The van der Waals surface area contributed by atoms with Crippen LogP contribution in [0.4, 0.5) is 5.69 Å². The summed E-state index contributed by atoms with van der Waals surface area (Å²) >= 11 is 3.20. The Labute approximate surface area is 153 Å². The third kappa shape index (κ3) is 4.16. The first kappa shape index (κ1) is 17.0. The van der Waals surface area contributed by atoms with Crippen LogP contribution in [0.15, 0.2) is 74.9 Å². The van der Waals surface area contributed by atoms with Gasteiger partial charge in [0.25, 0.3) is 5.91 Å². The molecule has 2 aromatic carbocycles. The normalized spacial score (nSPS) is 10.8. The van der Waals surface area contributed by atoms with Gasteiger partial charge in [-0.25, -0.2) is 0 Å². The van der Waals surface area contributed by atoms with E-state index in [0.717, 1.165) is 16.7 Å². The second kappa shape index (κ2) is 7.81. The maximum absolute atomic E-state index is 12.4. The Balaban J connectivity index is 1.91. The second-order valence-corrected chi connectivity index (χ2v) is 5.93. The van der Waals surface area contributed by atoms with E-state index in [4.69, 9.17) is 9.25 Å². The molecule has 0 atom stereocenters. The largest absolute Gasteiger partial charge is 0.444 e. The molecule has 0 saturated carbocycles. The Bertz CT molecular complexity index is 918. The third-order valence-corrected chi connectivity index (χ3v) is 3.90. The van der Waals surface area contributed by atoms with E-state index in [1.807, 2.05) is 48.5 Å². The van der Waals surface area contributed by atoms with Crippen molar-refractivity contribution >= 4 is 33.7 Å². The maximum Gasteiger partial charge on any atom is 0.291 e. The summed E-state index contributed by atoms with van der Waals surface area (Å²) in [5.74, 6) is -0.0714. The van der Waals surface area contributed by atoms with Gasteiger partial charge in [-0.2, -0.15) is 0 Å². The molecule has 6 heteroatoms. The van der Waals surface area contributed by atoms with E-state index in [0.29, 0.717) is 10.4 Å². The molecule has 0 aliphatic heterocycles. The molecule has 126 valence electrons. The molecule has 1 aromatic heterocycles. The van der Waals surface area contributed by atoms with Gasteiger partial charge < -0.3 is 14.6 Å². The molecule has 0 saturated heterocycles. The quantitative estimate of drug-likeness (QED) is 0.488. The van der Waals surface area contributed by atoms with Gasteiger partial charge in [-0.05, 0) is 51.3 Å². The molecule has 25 heavy (non-hydrogen) atoms. The number of halogens is 1. The molecular formula is C19H15BrN2O3. The van der Waals surface area contributed by atoms with Gasteiger partial charge in [0.05, 0.1) is 6.21 Å². The molecule has 1 amide bonds. The fourth-order valence-corrected chi connectivity index (χ4v) is 2.67. The SMILES string of the molecule is CON=Cc1cccc(-c2ccccc2NC(=O)c2ccc(Br)o2)c1. The van der Waals surface area contributed by atoms with Gasteiger partial charge in [0.1, 0.15) is 7.11 Å². The minimum absolute atomic E-state index is 0.239. The molecule has 5 nitrogen and oxygen atoms in total. The molecule has 0 spiro atoms. The zero-order valence-electron chi connectivity index (χ0n) is 13.4. The van der Waals surface area contributed by atoms with Crippen LogP contribution < -0.4 is 5.32 Å². The average Bonchev–Trinajstić information content (AvgIpc) is 3.07. The number of para-hydroxylation sites is 1. The van der Waals surface area contributed by atoms with Gasteiger partial charge in [-0.15, -0.1) is 0 Å². The third-order valence-electron chi connectivity index (χ3n) is 3.48. The number of nitrogens with zero attached hydrogens (tertiary/aromatic N) is 1. The van der Waals surface area contributed by atoms with Crippen molar-refractivity contribution in [1.82, 2.24) is 0 Å². The summed E-state index contributed by atoms with van der Waals surface area (Å²) in [6, 6.07) is 18.7. The van der Waals surface area contributed by atoms with Gasteiger partial charge in [-0.1, -0.05) is 41.6 Å². The van der Waals surface area contributed by atoms with Crippen molar-refractivity contribution in [2.45, 2.75) is 0 Å². The highest BCUT2D eigenvalue weighted by atomic mass is 79.9. The van der Waals surface area contributed by atoms with Crippen molar-refractivity contribution < 1.29 is 14.0 Å². The summed E-state index contributed by atoms with van der Waals surface area (Å²) in [7, 11) is 1.50. The topological polar surface area (TPSA) is 63.8 Å². The van der Waals surface area contributed by atoms with Crippen LogP contribution in [0.3, 0.4) is 0 Å². The lowest BCUT2D eigenvalue weighted by Gasteiger charge is -2.11. The van der Waals surface area contributed by atoms with Crippen LogP contribution in [0.1, 0.15) is 16.1 Å². The van der Waals surface area contributed by atoms with Crippen LogP contribution in [-0.2, 0) is 4.84 Å². The summed E-state index contributed by atoms with van der Waals surface area (Å²) in [6.45, 7) is 0. The standard InChI is InChI=1S/C19H15BrN2O3/c1-24-21-12-13-5-4-6-14(11-13)15-7-2-3-8-16(15)22-19(23)17-9-10-18(20)25-17/h2-12H,1H3,(H,22,23). The van der Waals surface area contributed by atoms with Gasteiger partial charge in [0.2, 0.25) is 0 Å². The van der Waals surface area contributed by atoms with Gasteiger partial charge in [-0.3, -0.25) is 4.79 Å². The van der Waals surface area contributed by atoms with E-state index in [1.54, 1.807) is 18.3 Å². The Kier molecular flexibility index (Phi) is 5.30. The molecule has 0 fully saturated rings. The van der Waals surface area contributed by atoms with Gasteiger partial charge in [0.15, 0.2) is 10.4 Å². The maximum atomic E-state index is 12.4. The average molecular weight is 399 g/mol. The fourth-order valence-electron chi connectivity index (χ4n) is 2.36. The van der Waals surface area contributed by atoms with Crippen molar-refractivity contribution in [3.63, 3.8) is 0 Å². The van der Waals surface area contributed by atoms with E-state index in [9.17, 15) is 4.79 Å². The number of hydrogen-bond donors (Lipinski definition) is 1. The van der Waals surface area contributed by atoms with E-state index < -0.39 is 0 Å². The van der Waals surface area contributed by atoms with Crippen LogP contribution >= 0.6 is 15.9 Å². The predicted octanol–water partition coefficient (Wildman–Crippen LogP) is 4.94. The minimum atomic E-state index is -0.310. The summed E-state index contributed by atoms with van der Waals surface area (Å²) in [5.41, 5.74) is 3.45. The minimum Gasteiger partial charge on any atom is -0.444 e. The first-order valence-corrected chi connectivity index (χ1v) is 8.29. The van der Waals surface area contributed by atoms with Crippen LogP contribution in [0.5, 0.6) is 0 Å². The molecule has 0 bridgehead atoms. The van der Waals surface area contributed by atoms with Crippen LogP contribution in [0.25, 0.3) is 11.1 Å². The molecule has 0 aliphatic carbocycles. The lowest BCUT2D eigenvalue weighted by Crippen LogP contribution is -2.11. The smallest absolute Gasteiger partial charge is 0.291 e. The first-order chi connectivity index (χ1) is 12.2. The molecule has 3 rings (SSSR count). The van der Waals surface area contributed by atoms with Crippen molar-refractivity contribution in [3.05, 3.63) is 76.7 Å². The number of amides is 1. The highest BCUT2D eigenvalue weighted by Crippen LogP contribution is 2.29. The number of oxime groups is 1. The van der Waals surface area contributed by atoms with Crippen LogP contribution in [0, 0.1) is 0 Å². The number of furan rings is 1. The number of carbonyl (C=O) groups is 1. The lowest BCUT2D eigenvalue weighted by atomic mass is 10.0. The summed E-state index contributed by atoms with van der Waals surface area (Å²) in [4.78, 5) is 17.1. The summed E-state index contributed by atoms with van der Waals surface area (Å²) in [6.07, 6.45) is 1.63. The van der Waals surface area contributed by atoms with E-state index >= 15 is 0 Å². The zero-order valence-corrected chi connectivity index (χ0v) is 15.0. The van der Waals surface area contributed by atoms with E-state index in [1.165, 1.54) is 7.11 Å². The van der Waals surface area contributed by atoms with Crippen LogP contribution in [0.2, 0.25) is 0 Å². The molecule has 0 unspecified atom stereocenters. The van der Waals surface area contributed by atoms with Gasteiger partial charge in [0, 0.05) is 11.3 Å². The Morgan fingerprint density at radius 2 is 2.00 bits per heavy atom. The predicted molar refractivity (Wildman–Crippen MR) is 101 cm³/mol. The Hall–Kier alpha value is -2.86. The second-order valence-electron chi connectivity index (χ2n) is 5.15. The number of anilines is 1. The monoisotopic (exact) mass is 398 g/mol. The number of carbonyl (C=O) groups excluding carboxylic acids is 1. The van der Waals surface area contributed by atoms with E-state index in [-0.39, 0.29) is 11.7 Å². The van der Waals surface area contributed by atoms with Crippen molar-refractivity contribution in [2.75, 3.05) is 12.4 Å². The molecule has 3 aromatic rings. The Morgan fingerprint density at radius 1 is 1.16 bits per heavy atom. The van der Waals surface area contributed by atoms with E-state index in [2.05, 4.69) is 26.4 Å². The number of rotatable bonds is 5. The van der Waals surface area contributed by atoms with Crippen LogP contribution in [-0.4, -0.2) is 19.2 Å². The van der Waals surface area contributed by atoms with Crippen molar-refractivity contribution in [2.24, 2.45) is 5.16 Å². The highest BCUT2D eigenvalue weighted by molar-refractivity contribution is 9.10. The molecule has 1 heterocycles.